The van der Waals surface area contributed by atoms with Crippen LogP contribution >= 0.6 is 0 Å². The minimum atomic E-state index is -0.524. The van der Waals surface area contributed by atoms with E-state index < -0.39 is 4.92 Å². The molecule has 0 saturated carbocycles. The summed E-state index contributed by atoms with van der Waals surface area (Å²) in [4.78, 5) is 10.2. The number of rotatable bonds is 5. The highest BCUT2D eigenvalue weighted by atomic mass is 16.6. The van der Waals surface area contributed by atoms with Crippen LogP contribution in [0.2, 0.25) is 0 Å². The molecule has 0 amide bonds. The van der Waals surface area contributed by atoms with Crippen molar-refractivity contribution in [3.8, 4) is 6.07 Å². The van der Waals surface area contributed by atoms with Crippen LogP contribution in [0.15, 0.2) is 30.6 Å². The number of nitrogens with zero attached hydrogens (tertiary/aromatic N) is 4. The van der Waals surface area contributed by atoms with Gasteiger partial charge in [-0.3, -0.25) is 14.8 Å². The standard InChI is InChI=1S/C15H15N5O3/c16-7-11-6-13(20(21)22)3-4-15(11)18-12-8-17-19(9-12)10-14-2-1-5-23-14/h3-4,6,8-9,14,18H,1-2,5,10H2/t14-/m1/s1. The molecule has 1 N–H and O–H groups in total. The van der Waals surface area contributed by atoms with E-state index in [4.69, 9.17) is 10.00 Å². The van der Waals surface area contributed by atoms with Crippen LogP contribution in [0, 0.1) is 21.4 Å². The molecule has 118 valence electrons. The summed E-state index contributed by atoms with van der Waals surface area (Å²) in [7, 11) is 0. The molecule has 1 aromatic carbocycles. The lowest BCUT2D eigenvalue weighted by Gasteiger charge is -2.08. The van der Waals surface area contributed by atoms with Gasteiger partial charge in [-0.1, -0.05) is 0 Å². The largest absolute Gasteiger partial charge is 0.376 e. The maximum atomic E-state index is 10.8. The summed E-state index contributed by atoms with van der Waals surface area (Å²) in [5.41, 5.74) is 1.33. The third-order valence-corrected chi connectivity index (χ3v) is 3.66. The van der Waals surface area contributed by atoms with Crippen molar-refractivity contribution in [1.29, 1.82) is 5.26 Å². The van der Waals surface area contributed by atoms with Gasteiger partial charge in [0.1, 0.15) is 6.07 Å². The monoisotopic (exact) mass is 313 g/mol. The number of non-ortho nitro benzene ring substituents is 1. The van der Waals surface area contributed by atoms with Crippen LogP contribution in [0.3, 0.4) is 0 Å². The third-order valence-electron chi connectivity index (χ3n) is 3.66. The Labute approximate surface area is 132 Å². The van der Waals surface area contributed by atoms with Gasteiger partial charge in [-0.05, 0) is 18.9 Å². The molecule has 1 fully saturated rings. The fourth-order valence-corrected chi connectivity index (χ4v) is 2.53. The predicted molar refractivity (Wildman–Crippen MR) is 82.3 cm³/mol. The lowest BCUT2D eigenvalue weighted by Crippen LogP contribution is -2.15. The fraction of sp³-hybridized carbons (Fsp3) is 0.333. The molecular formula is C15H15N5O3. The molecule has 1 aliphatic heterocycles. The van der Waals surface area contributed by atoms with Crippen LogP contribution in [0.1, 0.15) is 18.4 Å². The quantitative estimate of drug-likeness (QED) is 0.671. The van der Waals surface area contributed by atoms with Gasteiger partial charge < -0.3 is 10.1 Å². The van der Waals surface area contributed by atoms with Gasteiger partial charge in [0, 0.05) is 24.9 Å². The molecule has 2 aromatic rings. The number of hydrogen-bond acceptors (Lipinski definition) is 6. The summed E-state index contributed by atoms with van der Waals surface area (Å²) in [5.74, 6) is 0. The zero-order valence-corrected chi connectivity index (χ0v) is 12.3. The summed E-state index contributed by atoms with van der Waals surface area (Å²) >= 11 is 0. The molecule has 1 aliphatic rings. The Kier molecular flexibility index (Phi) is 4.21. The number of nitriles is 1. The summed E-state index contributed by atoms with van der Waals surface area (Å²) in [5, 5.41) is 27.2. The van der Waals surface area contributed by atoms with Crippen molar-refractivity contribution in [3.63, 3.8) is 0 Å². The van der Waals surface area contributed by atoms with Gasteiger partial charge >= 0.3 is 0 Å². The summed E-state index contributed by atoms with van der Waals surface area (Å²) in [6, 6.07) is 6.09. The van der Waals surface area contributed by atoms with E-state index >= 15 is 0 Å². The third kappa shape index (κ3) is 3.46. The molecule has 0 aliphatic carbocycles. The number of benzene rings is 1. The highest BCUT2D eigenvalue weighted by molar-refractivity contribution is 5.67. The molecule has 1 aromatic heterocycles. The van der Waals surface area contributed by atoms with E-state index in [1.807, 2.05) is 12.3 Å². The Morgan fingerprint density at radius 2 is 2.43 bits per heavy atom. The highest BCUT2D eigenvalue weighted by Crippen LogP contribution is 2.25. The highest BCUT2D eigenvalue weighted by Gasteiger charge is 2.16. The van der Waals surface area contributed by atoms with Crippen molar-refractivity contribution in [1.82, 2.24) is 9.78 Å². The summed E-state index contributed by atoms with van der Waals surface area (Å²) in [6.45, 7) is 1.48. The predicted octanol–water partition coefficient (Wildman–Crippen LogP) is 2.59. The SMILES string of the molecule is N#Cc1cc([N+](=O)[O-])ccc1Nc1cnn(C[C@H]2CCCO2)c1. The van der Waals surface area contributed by atoms with Gasteiger partial charge in [-0.2, -0.15) is 10.4 Å². The fourth-order valence-electron chi connectivity index (χ4n) is 2.53. The van der Waals surface area contributed by atoms with Crippen molar-refractivity contribution in [2.45, 2.75) is 25.5 Å². The van der Waals surface area contributed by atoms with Crippen molar-refractivity contribution < 1.29 is 9.66 Å². The first-order valence-corrected chi connectivity index (χ1v) is 7.25. The number of nitro groups is 1. The van der Waals surface area contributed by atoms with Gasteiger partial charge in [0.05, 0.1) is 40.7 Å². The van der Waals surface area contributed by atoms with Crippen molar-refractivity contribution in [2.75, 3.05) is 11.9 Å². The van der Waals surface area contributed by atoms with Gasteiger partial charge in [0.2, 0.25) is 0 Å². The van der Waals surface area contributed by atoms with E-state index in [0.29, 0.717) is 17.9 Å². The first-order chi connectivity index (χ1) is 11.2. The van der Waals surface area contributed by atoms with E-state index in [1.54, 1.807) is 10.9 Å². The molecule has 0 radical (unpaired) electrons. The van der Waals surface area contributed by atoms with Gasteiger partial charge in [-0.15, -0.1) is 0 Å². The lowest BCUT2D eigenvalue weighted by atomic mass is 10.1. The van der Waals surface area contributed by atoms with Crippen LogP contribution in [0.5, 0.6) is 0 Å². The number of nitrogens with one attached hydrogen (secondary N) is 1. The smallest absolute Gasteiger partial charge is 0.270 e. The molecule has 8 heteroatoms. The van der Waals surface area contributed by atoms with Crippen molar-refractivity contribution in [3.05, 3.63) is 46.3 Å². The van der Waals surface area contributed by atoms with E-state index in [1.165, 1.54) is 18.2 Å². The lowest BCUT2D eigenvalue weighted by molar-refractivity contribution is -0.384. The van der Waals surface area contributed by atoms with Gasteiger partial charge in [-0.25, -0.2) is 0 Å². The molecule has 1 saturated heterocycles. The topological polar surface area (TPSA) is 106 Å². The Morgan fingerprint density at radius 1 is 1.57 bits per heavy atom. The normalized spacial score (nSPS) is 16.9. The van der Waals surface area contributed by atoms with Crippen LogP contribution in [0.4, 0.5) is 17.1 Å². The Morgan fingerprint density at radius 3 is 3.13 bits per heavy atom. The first kappa shape index (κ1) is 15.0. The Bertz CT molecular complexity index is 759. The maximum Gasteiger partial charge on any atom is 0.270 e. The van der Waals surface area contributed by atoms with E-state index in [2.05, 4.69) is 10.4 Å². The molecule has 3 rings (SSSR count). The second kappa shape index (κ2) is 6.46. The summed E-state index contributed by atoms with van der Waals surface area (Å²) in [6.07, 6.45) is 5.77. The van der Waals surface area contributed by atoms with E-state index in [0.717, 1.165) is 19.4 Å². The molecule has 0 unspecified atom stereocenters. The number of aromatic nitrogens is 2. The molecular weight excluding hydrogens is 298 g/mol. The van der Waals surface area contributed by atoms with Crippen LogP contribution < -0.4 is 5.32 Å². The second-order valence-corrected chi connectivity index (χ2v) is 5.31. The molecule has 23 heavy (non-hydrogen) atoms. The molecule has 0 spiro atoms. The van der Waals surface area contributed by atoms with E-state index in [-0.39, 0.29) is 17.4 Å². The number of nitro benzene ring substituents is 1. The van der Waals surface area contributed by atoms with Gasteiger partial charge in [0.15, 0.2) is 0 Å². The zero-order valence-electron chi connectivity index (χ0n) is 12.3. The van der Waals surface area contributed by atoms with Crippen LogP contribution in [-0.4, -0.2) is 27.4 Å². The minimum absolute atomic E-state index is 0.110. The van der Waals surface area contributed by atoms with E-state index in [9.17, 15) is 10.1 Å². The van der Waals surface area contributed by atoms with Crippen LogP contribution in [0.25, 0.3) is 0 Å². The van der Waals surface area contributed by atoms with Crippen molar-refractivity contribution >= 4 is 17.1 Å². The molecule has 2 heterocycles. The average molecular weight is 313 g/mol. The second-order valence-electron chi connectivity index (χ2n) is 5.31. The number of anilines is 2. The number of ether oxygens (including phenoxy) is 1. The van der Waals surface area contributed by atoms with Crippen molar-refractivity contribution in [2.24, 2.45) is 0 Å². The maximum absolute atomic E-state index is 10.8. The Hall–Kier alpha value is -2.92. The van der Waals surface area contributed by atoms with Gasteiger partial charge in [0.25, 0.3) is 5.69 Å². The first-order valence-electron chi connectivity index (χ1n) is 7.25. The minimum Gasteiger partial charge on any atom is -0.376 e. The Balaban J connectivity index is 1.73. The molecule has 1 atom stereocenters. The molecule has 8 nitrogen and oxygen atoms in total. The van der Waals surface area contributed by atoms with Crippen LogP contribution in [-0.2, 0) is 11.3 Å². The summed E-state index contributed by atoms with van der Waals surface area (Å²) < 4.78 is 7.36. The molecule has 0 bridgehead atoms. The average Bonchev–Trinajstić information content (AvgIpc) is 3.20. The zero-order chi connectivity index (χ0) is 16.2. The number of hydrogen-bond donors (Lipinski definition) is 1.